The molecule has 0 radical (unpaired) electrons. The highest BCUT2D eigenvalue weighted by atomic mass is 32.2. The molecule has 1 N–H and O–H groups in total. The molecule has 0 amide bonds. The molecular formula is C7H14O3S. The summed E-state index contributed by atoms with van der Waals surface area (Å²) >= 11 is 0. The van der Waals surface area contributed by atoms with Gasteiger partial charge in [0.05, 0.1) is 16.6 Å². The lowest BCUT2D eigenvalue weighted by Crippen LogP contribution is -2.42. The second-order valence-corrected chi connectivity index (χ2v) is 6.17. The normalized spacial score (nSPS) is 32.0. The van der Waals surface area contributed by atoms with Gasteiger partial charge in [0.2, 0.25) is 0 Å². The van der Waals surface area contributed by atoms with Crippen LogP contribution in [0.4, 0.5) is 0 Å². The van der Waals surface area contributed by atoms with E-state index in [0.29, 0.717) is 12.8 Å². The van der Waals surface area contributed by atoms with Crippen LogP contribution in [0.5, 0.6) is 0 Å². The Morgan fingerprint density at radius 3 is 2.09 bits per heavy atom. The summed E-state index contributed by atoms with van der Waals surface area (Å²) in [5.74, 6) is 0. The molecule has 0 unspecified atom stereocenters. The van der Waals surface area contributed by atoms with E-state index >= 15 is 0 Å². The smallest absolute Gasteiger partial charge is 0.155 e. The standard InChI is InChI=1S/C7H14O3S/c1-5(2)11(9,10)7-3-6(8)4-7/h5-8H,3-4H2,1-2H3. The molecule has 1 rings (SSSR count). The van der Waals surface area contributed by atoms with Crippen molar-refractivity contribution in [1.29, 1.82) is 0 Å². The van der Waals surface area contributed by atoms with Crippen molar-refractivity contribution in [2.45, 2.75) is 43.3 Å². The fourth-order valence-electron chi connectivity index (χ4n) is 1.19. The highest BCUT2D eigenvalue weighted by molar-refractivity contribution is 7.92. The van der Waals surface area contributed by atoms with Crippen LogP contribution in [0.2, 0.25) is 0 Å². The van der Waals surface area contributed by atoms with Crippen LogP contribution in [-0.2, 0) is 9.84 Å². The third-order valence-corrected chi connectivity index (χ3v) is 4.82. The van der Waals surface area contributed by atoms with Gasteiger partial charge in [0.1, 0.15) is 0 Å². The number of aliphatic hydroxyl groups is 1. The number of aliphatic hydroxyl groups excluding tert-OH is 1. The zero-order valence-corrected chi connectivity index (χ0v) is 7.63. The van der Waals surface area contributed by atoms with Crippen LogP contribution in [0.25, 0.3) is 0 Å². The zero-order chi connectivity index (χ0) is 8.65. The first-order valence-electron chi connectivity index (χ1n) is 3.85. The number of sulfone groups is 1. The molecule has 1 fully saturated rings. The van der Waals surface area contributed by atoms with Gasteiger partial charge in [-0.25, -0.2) is 8.42 Å². The molecule has 0 aromatic heterocycles. The summed E-state index contributed by atoms with van der Waals surface area (Å²) in [5, 5.41) is 8.31. The lowest BCUT2D eigenvalue weighted by atomic mass is 9.96. The third-order valence-electron chi connectivity index (χ3n) is 2.19. The van der Waals surface area contributed by atoms with Gasteiger partial charge in [0, 0.05) is 0 Å². The highest BCUT2D eigenvalue weighted by Crippen LogP contribution is 2.29. The summed E-state index contributed by atoms with van der Waals surface area (Å²) in [7, 11) is -2.93. The monoisotopic (exact) mass is 178 g/mol. The van der Waals surface area contributed by atoms with E-state index < -0.39 is 9.84 Å². The second-order valence-electron chi connectivity index (χ2n) is 3.39. The summed E-state index contributed by atoms with van der Waals surface area (Å²) in [4.78, 5) is 0. The van der Waals surface area contributed by atoms with Crippen LogP contribution in [0.15, 0.2) is 0 Å². The molecule has 0 aromatic rings. The van der Waals surface area contributed by atoms with Gasteiger partial charge < -0.3 is 5.11 Å². The zero-order valence-electron chi connectivity index (χ0n) is 6.82. The topological polar surface area (TPSA) is 54.4 Å². The predicted octanol–water partition coefficient (Wildman–Crippen LogP) is 0.333. The van der Waals surface area contributed by atoms with Crippen molar-refractivity contribution in [3.63, 3.8) is 0 Å². The Bertz CT molecular complexity index is 224. The number of rotatable bonds is 2. The first kappa shape index (κ1) is 9.00. The van der Waals surface area contributed by atoms with Crippen molar-refractivity contribution in [1.82, 2.24) is 0 Å². The van der Waals surface area contributed by atoms with Crippen molar-refractivity contribution in [2.24, 2.45) is 0 Å². The molecular weight excluding hydrogens is 164 g/mol. The molecule has 0 aromatic carbocycles. The molecule has 66 valence electrons. The van der Waals surface area contributed by atoms with E-state index in [9.17, 15) is 8.42 Å². The van der Waals surface area contributed by atoms with Gasteiger partial charge in [-0.3, -0.25) is 0 Å². The van der Waals surface area contributed by atoms with Crippen molar-refractivity contribution in [3.8, 4) is 0 Å². The summed E-state index contributed by atoms with van der Waals surface area (Å²) in [6, 6.07) is 0. The molecule has 0 bridgehead atoms. The van der Waals surface area contributed by atoms with Crippen LogP contribution < -0.4 is 0 Å². The van der Waals surface area contributed by atoms with E-state index in [2.05, 4.69) is 0 Å². The number of hydrogen-bond donors (Lipinski definition) is 1. The van der Waals surface area contributed by atoms with E-state index in [0.717, 1.165) is 0 Å². The summed E-state index contributed by atoms with van der Waals surface area (Å²) in [5.41, 5.74) is 0. The van der Waals surface area contributed by atoms with Crippen LogP contribution >= 0.6 is 0 Å². The van der Waals surface area contributed by atoms with Crippen molar-refractivity contribution >= 4 is 9.84 Å². The van der Waals surface area contributed by atoms with Crippen molar-refractivity contribution in [2.75, 3.05) is 0 Å². The summed E-state index contributed by atoms with van der Waals surface area (Å²) in [6.07, 6.45) is 0.481. The highest BCUT2D eigenvalue weighted by Gasteiger charge is 2.38. The minimum absolute atomic E-state index is 0.280. The third kappa shape index (κ3) is 1.56. The molecule has 0 saturated heterocycles. The summed E-state index contributed by atoms with van der Waals surface area (Å²) < 4.78 is 22.7. The fourth-order valence-corrected chi connectivity index (χ4v) is 2.94. The minimum atomic E-state index is -2.93. The predicted molar refractivity (Wildman–Crippen MR) is 43.1 cm³/mol. The molecule has 11 heavy (non-hydrogen) atoms. The molecule has 4 heteroatoms. The first-order chi connectivity index (χ1) is 4.94. The molecule has 0 aliphatic heterocycles. The quantitative estimate of drug-likeness (QED) is 0.663. The molecule has 1 saturated carbocycles. The Hall–Kier alpha value is -0.0900. The van der Waals surface area contributed by atoms with Gasteiger partial charge in [0.25, 0.3) is 0 Å². The average molecular weight is 178 g/mol. The van der Waals surface area contributed by atoms with Crippen molar-refractivity contribution in [3.05, 3.63) is 0 Å². The van der Waals surface area contributed by atoms with Gasteiger partial charge in [-0.1, -0.05) is 0 Å². The summed E-state index contributed by atoms with van der Waals surface area (Å²) in [6.45, 7) is 3.36. The maximum atomic E-state index is 11.3. The number of hydrogen-bond acceptors (Lipinski definition) is 3. The SMILES string of the molecule is CC(C)S(=O)(=O)C1CC(O)C1. The van der Waals surface area contributed by atoms with Gasteiger partial charge in [-0.2, -0.15) is 0 Å². The molecule has 1 aliphatic carbocycles. The van der Waals surface area contributed by atoms with Gasteiger partial charge in [-0.15, -0.1) is 0 Å². The van der Waals surface area contributed by atoms with Gasteiger partial charge >= 0.3 is 0 Å². The Morgan fingerprint density at radius 1 is 1.36 bits per heavy atom. The van der Waals surface area contributed by atoms with E-state index in [1.807, 2.05) is 0 Å². The van der Waals surface area contributed by atoms with E-state index in [1.165, 1.54) is 0 Å². The van der Waals surface area contributed by atoms with E-state index in [4.69, 9.17) is 5.11 Å². The maximum absolute atomic E-state index is 11.3. The van der Waals surface area contributed by atoms with Crippen LogP contribution in [-0.4, -0.2) is 30.1 Å². The van der Waals surface area contributed by atoms with Crippen LogP contribution in [0.1, 0.15) is 26.7 Å². The molecule has 1 aliphatic rings. The Morgan fingerprint density at radius 2 is 1.82 bits per heavy atom. The van der Waals surface area contributed by atoms with Gasteiger partial charge in [0.15, 0.2) is 9.84 Å². The van der Waals surface area contributed by atoms with Crippen LogP contribution in [0, 0.1) is 0 Å². The lowest BCUT2D eigenvalue weighted by Gasteiger charge is -2.32. The second kappa shape index (κ2) is 2.75. The Labute approximate surface area is 67.3 Å². The largest absolute Gasteiger partial charge is 0.393 e. The van der Waals surface area contributed by atoms with E-state index in [-0.39, 0.29) is 16.6 Å². The Balaban J connectivity index is 2.62. The molecule has 3 nitrogen and oxygen atoms in total. The molecule has 0 atom stereocenters. The fraction of sp³-hybridized carbons (Fsp3) is 1.00. The van der Waals surface area contributed by atoms with Gasteiger partial charge in [-0.05, 0) is 26.7 Å². The first-order valence-corrected chi connectivity index (χ1v) is 5.46. The average Bonchev–Trinajstić information content (AvgIpc) is 1.80. The lowest BCUT2D eigenvalue weighted by molar-refractivity contribution is 0.0975. The molecule has 0 spiro atoms. The minimum Gasteiger partial charge on any atom is -0.393 e. The Kier molecular flexibility index (Phi) is 2.25. The van der Waals surface area contributed by atoms with Crippen molar-refractivity contribution < 1.29 is 13.5 Å². The van der Waals surface area contributed by atoms with Crippen LogP contribution in [0.3, 0.4) is 0 Å². The van der Waals surface area contributed by atoms with E-state index in [1.54, 1.807) is 13.8 Å². The molecule has 0 heterocycles. The maximum Gasteiger partial charge on any atom is 0.155 e.